The van der Waals surface area contributed by atoms with Crippen molar-refractivity contribution in [2.75, 3.05) is 13.2 Å². The van der Waals surface area contributed by atoms with Gasteiger partial charge >= 0.3 is 0 Å². The number of nitrogens with one attached hydrogen (secondary N) is 1. The van der Waals surface area contributed by atoms with E-state index in [1.54, 1.807) is 0 Å². The van der Waals surface area contributed by atoms with Gasteiger partial charge in [-0.05, 0) is 44.0 Å². The van der Waals surface area contributed by atoms with Crippen LogP contribution in [0.4, 0.5) is 4.39 Å². The SMILES string of the molecule is Cc1cc(F)cc(C)c1S(=O)(=O)NCC(C)(O)CO. The second-order valence-electron chi connectivity index (χ2n) is 4.85. The quantitative estimate of drug-likeness (QED) is 0.736. The molecule has 0 aliphatic carbocycles. The molecule has 1 aromatic rings. The molecule has 0 saturated carbocycles. The Hall–Kier alpha value is -1.02. The molecule has 0 aliphatic rings. The van der Waals surface area contributed by atoms with E-state index in [0.29, 0.717) is 0 Å². The maximum Gasteiger partial charge on any atom is 0.241 e. The van der Waals surface area contributed by atoms with Crippen LogP contribution in [0, 0.1) is 19.7 Å². The second-order valence-corrected chi connectivity index (χ2v) is 6.55. The van der Waals surface area contributed by atoms with Gasteiger partial charge in [-0.15, -0.1) is 0 Å². The molecule has 0 heterocycles. The lowest BCUT2D eigenvalue weighted by Gasteiger charge is -2.21. The number of benzene rings is 1. The predicted octanol–water partition coefficient (Wildman–Crippen LogP) is 0.464. The van der Waals surface area contributed by atoms with Gasteiger partial charge in [-0.2, -0.15) is 0 Å². The van der Waals surface area contributed by atoms with Crippen molar-refractivity contribution in [1.82, 2.24) is 4.72 Å². The number of sulfonamides is 1. The molecule has 7 heteroatoms. The van der Waals surface area contributed by atoms with Gasteiger partial charge in [0.15, 0.2) is 0 Å². The summed E-state index contributed by atoms with van der Waals surface area (Å²) in [6, 6.07) is 2.26. The molecule has 0 saturated heterocycles. The fourth-order valence-electron chi connectivity index (χ4n) is 1.70. The molecule has 3 N–H and O–H groups in total. The zero-order valence-electron chi connectivity index (χ0n) is 11.1. The Labute approximate surface area is 112 Å². The van der Waals surface area contributed by atoms with Crippen molar-refractivity contribution in [3.63, 3.8) is 0 Å². The summed E-state index contributed by atoms with van der Waals surface area (Å²) in [6.45, 7) is 3.39. The van der Waals surface area contributed by atoms with E-state index in [-0.39, 0.29) is 22.6 Å². The zero-order chi connectivity index (χ0) is 14.8. The van der Waals surface area contributed by atoms with Crippen LogP contribution >= 0.6 is 0 Å². The van der Waals surface area contributed by atoms with Gasteiger partial charge in [-0.1, -0.05) is 0 Å². The fraction of sp³-hybridized carbons (Fsp3) is 0.500. The number of aliphatic hydroxyl groups excluding tert-OH is 1. The largest absolute Gasteiger partial charge is 0.393 e. The van der Waals surface area contributed by atoms with Crippen LogP contribution < -0.4 is 4.72 Å². The molecular formula is C12H18FNO4S. The van der Waals surface area contributed by atoms with Crippen LogP contribution in [0.1, 0.15) is 18.1 Å². The molecule has 108 valence electrons. The lowest BCUT2D eigenvalue weighted by molar-refractivity contribution is 0.00681. The molecule has 0 spiro atoms. The van der Waals surface area contributed by atoms with E-state index < -0.39 is 28.0 Å². The van der Waals surface area contributed by atoms with Gasteiger partial charge in [0.05, 0.1) is 17.1 Å². The first-order chi connectivity index (χ1) is 8.59. The van der Waals surface area contributed by atoms with Crippen molar-refractivity contribution < 1.29 is 23.0 Å². The van der Waals surface area contributed by atoms with E-state index in [9.17, 15) is 17.9 Å². The van der Waals surface area contributed by atoms with E-state index in [1.807, 2.05) is 0 Å². The summed E-state index contributed by atoms with van der Waals surface area (Å²) in [5.41, 5.74) is -0.975. The molecule has 0 aliphatic heterocycles. The molecule has 1 aromatic carbocycles. The van der Waals surface area contributed by atoms with Crippen LogP contribution in [-0.2, 0) is 10.0 Å². The molecule has 1 unspecified atom stereocenters. The lowest BCUT2D eigenvalue weighted by atomic mass is 10.1. The molecule has 0 aromatic heterocycles. The van der Waals surface area contributed by atoms with E-state index in [2.05, 4.69) is 4.72 Å². The van der Waals surface area contributed by atoms with Crippen LogP contribution in [0.15, 0.2) is 17.0 Å². The van der Waals surface area contributed by atoms with Crippen molar-refractivity contribution in [3.8, 4) is 0 Å². The third kappa shape index (κ3) is 3.97. The van der Waals surface area contributed by atoms with Crippen molar-refractivity contribution in [1.29, 1.82) is 0 Å². The molecule has 19 heavy (non-hydrogen) atoms. The van der Waals surface area contributed by atoms with Gasteiger partial charge in [0, 0.05) is 6.54 Å². The molecule has 0 amide bonds. The highest BCUT2D eigenvalue weighted by Crippen LogP contribution is 2.21. The highest BCUT2D eigenvalue weighted by atomic mass is 32.2. The van der Waals surface area contributed by atoms with Crippen molar-refractivity contribution in [3.05, 3.63) is 29.1 Å². The van der Waals surface area contributed by atoms with Crippen molar-refractivity contribution >= 4 is 10.0 Å². The van der Waals surface area contributed by atoms with Gasteiger partial charge in [-0.25, -0.2) is 17.5 Å². The average molecular weight is 291 g/mol. The topological polar surface area (TPSA) is 86.6 Å². The van der Waals surface area contributed by atoms with Gasteiger partial charge in [0.1, 0.15) is 5.82 Å². The van der Waals surface area contributed by atoms with Gasteiger partial charge < -0.3 is 10.2 Å². The Morgan fingerprint density at radius 1 is 1.32 bits per heavy atom. The summed E-state index contributed by atoms with van der Waals surface area (Å²) >= 11 is 0. The highest BCUT2D eigenvalue weighted by molar-refractivity contribution is 7.89. The molecule has 5 nitrogen and oxygen atoms in total. The summed E-state index contributed by atoms with van der Waals surface area (Å²) in [7, 11) is -3.87. The standard InChI is InChI=1S/C12H18FNO4S/c1-8-4-10(13)5-9(2)11(8)19(17,18)14-6-12(3,16)7-15/h4-5,14-16H,6-7H2,1-3H3. The van der Waals surface area contributed by atoms with Crippen LogP contribution in [0.5, 0.6) is 0 Å². The minimum atomic E-state index is -3.87. The fourth-order valence-corrected chi connectivity index (χ4v) is 3.31. The first-order valence-electron chi connectivity index (χ1n) is 5.69. The smallest absolute Gasteiger partial charge is 0.241 e. The second kappa shape index (κ2) is 5.54. The summed E-state index contributed by atoms with van der Waals surface area (Å²) in [4.78, 5) is -0.0114. The molecule has 0 radical (unpaired) electrons. The summed E-state index contributed by atoms with van der Waals surface area (Å²) in [5, 5.41) is 18.5. The zero-order valence-corrected chi connectivity index (χ0v) is 11.9. The summed E-state index contributed by atoms with van der Waals surface area (Å²) in [5.74, 6) is -0.503. The van der Waals surface area contributed by atoms with Crippen molar-refractivity contribution in [2.24, 2.45) is 0 Å². The Morgan fingerprint density at radius 3 is 2.21 bits per heavy atom. The van der Waals surface area contributed by atoms with E-state index in [1.165, 1.54) is 20.8 Å². The summed E-state index contributed by atoms with van der Waals surface area (Å²) in [6.07, 6.45) is 0. The van der Waals surface area contributed by atoms with Crippen molar-refractivity contribution in [2.45, 2.75) is 31.3 Å². The molecular weight excluding hydrogens is 273 g/mol. The number of hydrogen-bond acceptors (Lipinski definition) is 4. The normalized spacial score (nSPS) is 15.3. The van der Waals surface area contributed by atoms with Gasteiger partial charge in [0.25, 0.3) is 0 Å². The third-order valence-corrected chi connectivity index (χ3v) is 4.38. The Kier molecular flexibility index (Phi) is 4.67. The van der Waals surface area contributed by atoms with Crippen LogP contribution in [-0.4, -0.2) is 37.4 Å². The minimum Gasteiger partial charge on any atom is -0.393 e. The molecule has 1 atom stereocenters. The maximum atomic E-state index is 13.1. The lowest BCUT2D eigenvalue weighted by Crippen LogP contribution is -2.43. The van der Waals surface area contributed by atoms with E-state index in [0.717, 1.165) is 12.1 Å². The number of aliphatic hydroxyl groups is 2. The predicted molar refractivity (Wildman–Crippen MR) is 68.8 cm³/mol. The van der Waals surface area contributed by atoms with E-state index in [4.69, 9.17) is 5.11 Å². The van der Waals surface area contributed by atoms with Crippen LogP contribution in [0.3, 0.4) is 0 Å². The number of halogens is 1. The van der Waals surface area contributed by atoms with Crippen LogP contribution in [0.2, 0.25) is 0 Å². The van der Waals surface area contributed by atoms with Gasteiger partial charge in [0.2, 0.25) is 10.0 Å². The Morgan fingerprint density at radius 2 is 1.79 bits per heavy atom. The monoisotopic (exact) mass is 291 g/mol. The minimum absolute atomic E-state index is 0.0114. The number of rotatable bonds is 5. The first kappa shape index (κ1) is 16.0. The third-order valence-electron chi connectivity index (χ3n) is 2.68. The van der Waals surface area contributed by atoms with Crippen LogP contribution in [0.25, 0.3) is 0 Å². The average Bonchev–Trinajstić information content (AvgIpc) is 2.25. The molecule has 0 fully saturated rings. The first-order valence-corrected chi connectivity index (χ1v) is 7.17. The highest BCUT2D eigenvalue weighted by Gasteiger charge is 2.25. The maximum absolute atomic E-state index is 13.1. The number of aryl methyl sites for hydroxylation is 2. The molecule has 1 rings (SSSR count). The van der Waals surface area contributed by atoms with Gasteiger partial charge in [-0.3, -0.25) is 0 Å². The Balaban J connectivity index is 3.09. The molecule has 0 bridgehead atoms. The number of hydrogen-bond donors (Lipinski definition) is 3. The summed E-state index contributed by atoms with van der Waals surface area (Å²) < 4.78 is 39.6. The Bertz CT molecular complexity index is 546. The van der Waals surface area contributed by atoms with E-state index >= 15 is 0 Å².